The molecule has 5 heteroatoms. The Balaban J connectivity index is 2.41. The molecule has 1 aliphatic rings. The molecule has 0 aromatic rings. The summed E-state index contributed by atoms with van der Waals surface area (Å²) in [6.07, 6.45) is 3.72. The largest absolute Gasteiger partial charge is 0.481 e. The Morgan fingerprint density at radius 3 is 2.78 bits per heavy atom. The van der Waals surface area contributed by atoms with Crippen molar-refractivity contribution in [2.75, 3.05) is 24.6 Å². The Kier molecular flexibility index (Phi) is 5.99. The topological polar surface area (TPSA) is 57.6 Å². The van der Waals surface area contributed by atoms with Crippen LogP contribution < -0.4 is 0 Å². The second-order valence-electron chi connectivity index (χ2n) is 5.19. The van der Waals surface area contributed by atoms with Gasteiger partial charge < -0.3 is 10.0 Å². The number of hydrogen-bond acceptors (Lipinski definition) is 3. The standard InChI is InChI=1S/C13H23NO3S/c1-3-4-8-18-9-11(15)14-7-5-6-13(2,10-14)12(16)17/h3-10H2,1-2H3,(H,16,17). The van der Waals surface area contributed by atoms with Crippen molar-refractivity contribution < 1.29 is 14.7 Å². The summed E-state index contributed by atoms with van der Waals surface area (Å²) in [7, 11) is 0. The van der Waals surface area contributed by atoms with Crippen LogP contribution in [0.5, 0.6) is 0 Å². The van der Waals surface area contributed by atoms with Crippen molar-refractivity contribution in [1.29, 1.82) is 0 Å². The van der Waals surface area contributed by atoms with Gasteiger partial charge in [0.25, 0.3) is 0 Å². The Morgan fingerprint density at radius 2 is 2.17 bits per heavy atom. The smallest absolute Gasteiger partial charge is 0.311 e. The molecule has 104 valence electrons. The van der Waals surface area contributed by atoms with Gasteiger partial charge in [0.15, 0.2) is 0 Å². The summed E-state index contributed by atoms with van der Waals surface area (Å²) in [5.74, 6) is 0.782. The van der Waals surface area contributed by atoms with Gasteiger partial charge in [-0.2, -0.15) is 11.8 Å². The first-order valence-corrected chi connectivity index (χ1v) is 7.74. The van der Waals surface area contributed by atoms with Gasteiger partial charge in [0.2, 0.25) is 5.91 Å². The van der Waals surface area contributed by atoms with Gasteiger partial charge in [0, 0.05) is 13.1 Å². The number of hydrogen-bond donors (Lipinski definition) is 1. The van der Waals surface area contributed by atoms with Crippen LogP contribution in [-0.2, 0) is 9.59 Å². The molecule has 0 aromatic heterocycles. The van der Waals surface area contributed by atoms with Crippen molar-refractivity contribution in [3.63, 3.8) is 0 Å². The summed E-state index contributed by atoms with van der Waals surface area (Å²) in [6, 6.07) is 0. The molecule has 0 bridgehead atoms. The molecular weight excluding hydrogens is 250 g/mol. The van der Waals surface area contributed by atoms with Crippen LogP contribution >= 0.6 is 11.8 Å². The van der Waals surface area contributed by atoms with E-state index in [1.165, 1.54) is 0 Å². The maximum atomic E-state index is 12.0. The molecule has 4 nitrogen and oxygen atoms in total. The molecule has 18 heavy (non-hydrogen) atoms. The molecule has 1 rings (SSSR count). The monoisotopic (exact) mass is 273 g/mol. The molecule has 1 fully saturated rings. The molecule has 1 saturated heterocycles. The van der Waals surface area contributed by atoms with Crippen molar-refractivity contribution in [3.05, 3.63) is 0 Å². The first-order chi connectivity index (χ1) is 8.49. The quantitative estimate of drug-likeness (QED) is 0.754. The van der Waals surface area contributed by atoms with Crippen molar-refractivity contribution in [2.24, 2.45) is 5.41 Å². The fourth-order valence-corrected chi connectivity index (χ4v) is 3.12. The summed E-state index contributed by atoms with van der Waals surface area (Å²) < 4.78 is 0. The Morgan fingerprint density at radius 1 is 1.44 bits per heavy atom. The Hall–Kier alpha value is -0.710. The van der Waals surface area contributed by atoms with Gasteiger partial charge >= 0.3 is 5.97 Å². The highest BCUT2D eigenvalue weighted by molar-refractivity contribution is 7.99. The van der Waals surface area contributed by atoms with Gasteiger partial charge in [-0.05, 0) is 31.9 Å². The SMILES string of the molecule is CCCCSCC(=O)N1CCCC(C)(C(=O)O)C1. The van der Waals surface area contributed by atoms with E-state index in [2.05, 4.69) is 6.92 Å². The van der Waals surface area contributed by atoms with Crippen LogP contribution in [0.15, 0.2) is 0 Å². The molecule has 0 saturated carbocycles. The Bertz CT molecular complexity index is 309. The lowest BCUT2D eigenvalue weighted by Gasteiger charge is -2.37. The lowest BCUT2D eigenvalue weighted by Crippen LogP contribution is -2.48. The van der Waals surface area contributed by atoms with E-state index < -0.39 is 11.4 Å². The molecule has 0 radical (unpaired) electrons. The van der Waals surface area contributed by atoms with Crippen molar-refractivity contribution >= 4 is 23.6 Å². The maximum absolute atomic E-state index is 12.0. The molecule has 1 heterocycles. The molecule has 0 spiro atoms. The maximum Gasteiger partial charge on any atom is 0.311 e. The molecule has 0 aliphatic carbocycles. The highest BCUT2D eigenvalue weighted by atomic mass is 32.2. The molecule has 1 aliphatic heterocycles. The van der Waals surface area contributed by atoms with Crippen LogP contribution in [0, 0.1) is 5.41 Å². The summed E-state index contributed by atoms with van der Waals surface area (Å²) in [6.45, 7) is 4.93. The molecule has 1 unspecified atom stereocenters. The number of amides is 1. The first kappa shape index (κ1) is 15.3. The molecule has 1 amide bonds. The lowest BCUT2D eigenvalue weighted by molar-refractivity contribution is -0.153. The Labute approximate surface area is 113 Å². The number of thioether (sulfide) groups is 1. The molecule has 1 atom stereocenters. The third-order valence-corrected chi connectivity index (χ3v) is 4.46. The summed E-state index contributed by atoms with van der Waals surface area (Å²) in [5.41, 5.74) is -0.762. The van der Waals surface area contributed by atoms with Gasteiger partial charge in [0.1, 0.15) is 0 Å². The van der Waals surface area contributed by atoms with Crippen molar-refractivity contribution in [3.8, 4) is 0 Å². The minimum Gasteiger partial charge on any atom is -0.481 e. The summed E-state index contributed by atoms with van der Waals surface area (Å²) >= 11 is 1.65. The van der Waals surface area contributed by atoms with E-state index in [9.17, 15) is 14.7 Å². The number of nitrogens with zero attached hydrogens (tertiary/aromatic N) is 1. The van der Waals surface area contributed by atoms with E-state index in [1.807, 2.05) is 0 Å². The number of aliphatic carboxylic acids is 1. The van der Waals surface area contributed by atoms with E-state index in [0.717, 1.165) is 25.0 Å². The van der Waals surface area contributed by atoms with Gasteiger partial charge in [-0.3, -0.25) is 9.59 Å². The van der Waals surface area contributed by atoms with Crippen molar-refractivity contribution in [1.82, 2.24) is 4.90 Å². The highest BCUT2D eigenvalue weighted by Crippen LogP contribution is 2.29. The fraction of sp³-hybridized carbons (Fsp3) is 0.846. The van der Waals surface area contributed by atoms with Crippen LogP contribution in [0.25, 0.3) is 0 Å². The fourth-order valence-electron chi connectivity index (χ4n) is 2.12. The minimum absolute atomic E-state index is 0.0864. The molecule has 1 N–H and O–H groups in total. The lowest BCUT2D eigenvalue weighted by atomic mass is 9.82. The second kappa shape index (κ2) is 7.02. The van der Waals surface area contributed by atoms with Crippen LogP contribution in [0.4, 0.5) is 0 Å². The van der Waals surface area contributed by atoms with E-state index in [0.29, 0.717) is 25.3 Å². The third kappa shape index (κ3) is 4.19. The number of carboxylic acids is 1. The van der Waals surface area contributed by atoms with E-state index in [1.54, 1.807) is 23.6 Å². The number of carbonyl (C=O) groups excluding carboxylic acids is 1. The highest BCUT2D eigenvalue weighted by Gasteiger charge is 2.39. The zero-order valence-corrected chi connectivity index (χ0v) is 12.1. The van der Waals surface area contributed by atoms with Crippen molar-refractivity contribution in [2.45, 2.75) is 39.5 Å². The first-order valence-electron chi connectivity index (χ1n) is 6.58. The number of carboxylic acid groups (broad SMARTS) is 1. The van der Waals surface area contributed by atoms with E-state index >= 15 is 0 Å². The number of likely N-dealkylation sites (tertiary alicyclic amines) is 1. The minimum atomic E-state index is -0.793. The summed E-state index contributed by atoms with van der Waals surface area (Å²) in [5, 5.41) is 9.20. The predicted octanol–water partition coefficient (Wildman–Crippen LogP) is 2.23. The van der Waals surface area contributed by atoms with Gasteiger partial charge in [0.05, 0.1) is 11.2 Å². The van der Waals surface area contributed by atoms with E-state index in [-0.39, 0.29) is 5.91 Å². The normalized spacial score (nSPS) is 24.0. The second-order valence-corrected chi connectivity index (χ2v) is 6.30. The van der Waals surface area contributed by atoms with E-state index in [4.69, 9.17) is 0 Å². The van der Waals surface area contributed by atoms with Crippen LogP contribution in [0.1, 0.15) is 39.5 Å². The van der Waals surface area contributed by atoms with Gasteiger partial charge in [-0.15, -0.1) is 0 Å². The van der Waals surface area contributed by atoms with Crippen LogP contribution in [-0.4, -0.2) is 46.5 Å². The van der Waals surface area contributed by atoms with Crippen LogP contribution in [0.2, 0.25) is 0 Å². The van der Waals surface area contributed by atoms with Crippen LogP contribution in [0.3, 0.4) is 0 Å². The van der Waals surface area contributed by atoms with Gasteiger partial charge in [-0.25, -0.2) is 0 Å². The zero-order chi connectivity index (χ0) is 13.6. The number of piperidine rings is 1. The zero-order valence-electron chi connectivity index (χ0n) is 11.3. The number of rotatable bonds is 6. The van der Waals surface area contributed by atoms with Gasteiger partial charge in [-0.1, -0.05) is 13.3 Å². The average molecular weight is 273 g/mol. The molecule has 0 aromatic carbocycles. The average Bonchev–Trinajstić information content (AvgIpc) is 2.34. The molecular formula is C13H23NO3S. The number of carbonyl (C=O) groups is 2. The summed E-state index contributed by atoms with van der Waals surface area (Å²) in [4.78, 5) is 24.9. The number of unbranched alkanes of at least 4 members (excludes halogenated alkanes) is 1. The predicted molar refractivity (Wildman–Crippen MR) is 73.8 cm³/mol. The third-order valence-electron chi connectivity index (χ3n) is 3.43.